The highest BCUT2D eigenvalue weighted by molar-refractivity contribution is 6.00. The number of pyridine rings is 1. The molecule has 24 heavy (non-hydrogen) atoms. The summed E-state index contributed by atoms with van der Waals surface area (Å²) in [4.78, 5) is 29.0. The van der Waals surface area contributed by atoms with Crippen molar-refractivity contribution >= 4 is 17.8 Å². The van der Waals surface area contributed by atoms with Gasteiger partial charge in [-0.3, -0.25) is 14.6 Å². The van der Waals surface area contributed by atoms with Crippen molar-refractivity contribution in [1.82, 2.24) is 10.3 Å². The van der Waals surface area contributed by atoms with E-state index in [2.05, 4.69) is 21.9 Å². The molecule has 126 valence electrons. The zero-order valence-corrected chi connectivity index (χ0v) is 13.5. The van der Waals surface area contributed by atoms with Crippen LogP contribution in [0.1, 0.15) is 17.3 Å². The van der Waals surface area contributed by atoms with Crippen LogP contribution in [0.4, 0.5) is 4.39 Å². The molecule has 7 heteroatoms. The van der Waals surface area contributed by atoms with Crippen LogP contribution in [-0.4, -0.2) is 36.4 Å². The molecule has 0 fully saturated rings. The Morgan fingerprint density at radius 2 is 2.25 bits per heavy atom. The summed E-state index contributed by atoms with van der Waals surface area (Å²) < 4.78 is 13.2. The summed E-state index contributed by atoms with van der Waals surface area (Å²) in [5, 5.41) is 10.4. The van der Waals surface area contributed by atoms with E-state index in [0.29, 0.717) is 11.1 Å². The molecule has 0 aliphatic heterocycles. The largest absolute Gasteiger partial charge is 0.348 e. The van der Waals surface area contributed by atoms with E-state index in [-0.39, 0.29) is 17.8 Å². The number of H-pyrrole nitrogens is 1. The van der Waals surface area contributed by atoms with E-state index in [1.54, 1.807) is 38.4 Å². The lowest BCUT2D eigenvalue weighted by Crippen LogP contribution is -2.28. The third-order valence-corrected chi connectivity index (χ3v) is 3.08. The number of aromatic nitrogens is 1. The van der Waals surface area contributed by atoms with E-state index < -0.39 is 17.3 Å². The maximum atomic E-state index is 13.2. The molecule has 0 spiro atoms. The first-order valence-corrected chi connectivity index (χ1v) is 7.07. The molecule has 3 N–H and O–H groups in total. The minimum Gasteiger partial charge on any atom is -0.348 e. The van der Waals surface area contributed by atoms with Crippen LogP contribution in [0.5, 0.6) is 0 Å². The quantitative estimate of drug-likeness (QED) is 0.526. The second-order valence-electron chi connectivity index (χ2n) is 4.78. The topological polar surface area (TPSA) is 98.2 Å². The summed E-state index contributed by atoms with van der Waals surface area (Å²) in [6.07, 6.45) is 7.70. The molecule has 0 aromatic carbocycles. The zero-order valence-electron chi connectivity index (χ0n) is 13.5. The number of halogens is 1. The summed E-state index contributed by atoms with van der Waals surface area (Å²) in [6.45, 7) is 5.35. The lowest BCUT2D eigenvalue weighted by atomic mass is 10.0. The van der Waals surface area contributed by atoms with Crippen LogP contribution in [0.3, 0.4) is 0 Å². The van der Waals surface area contributed by atoms with Crippen molar-refractivity contribution in [2.24, 2.45) is 4.99 Å². The van der Waals surface area contributed by atoms with Gasteiger partial charge in [0.15, 0.2) is 5.82 Å². The highest BCUT2D eigenvalue weighted by Gasteiger charge is 2.11. The fourth-order valence-corrected chi connectivity index (χ4v) is 1.83. The first-order valence-electron chi connectivity index (χ1n) is 7.07. The molecule has 0 bridgehead atoms. The van der Waals surface area contributed by atoms with Crippen LogP contribution in [0.15, 0.2) is 58.0 Å². The van der Waals surface area contributed by atoms with Gasteiger partial charge in [-0.2, -0.15) is 0 Å². The third-order valence-electron chi connectivity index (χ3n) is 3.08. The van der Waals surface area contributed by atoms with Gasteiger partial charge in [0.25, 0.3) is 11.5 Å². The first kappa shape index (κ1) is 19.0. The minimum atomic E-state index is -1.03. The Kier molecular flexibility index (Phi) is 7.22. The standard InChI is InChI=1S/C17H19FN4O2/c1-4-12(6-5-7-20-3)14(11(2)19)10-22-16(23)13-8-15(18)17(24)21-9-13/h4-9,19H,1,10H2,2-3H3,(H,21,24)(H,22,23)/b6-5-,14-12+,19-11?,20-7?. The zero-order chi connectivity index (χ0) is 18.1. The number of rotatable bonds is 7. The molecule has 0 atom stereocenters. The van der Waals surface area contributed by atoms with Crippen LogP contribution in [0.25, 0.3) is 0 Å². The number of aliphatic imine (C=N–C) groups is 1. The maximum absolute atomic E-state index is 13.2. The SMILES string of the molecule is C=CC(/C=C\C=NC)=C(/CNC(=O)c1c[nH]c(=O)c(F)c1)C(C)=N. The Balaban J connectivity index is 2.98. The van der Waals surface area contributed by atoms with Gasteiger partial charge >= 0.3 is 0 Å². The number of nitrogens with zero attached hydrogens (tertiary/aromatic N) is 1. The average molecular weight is 330 g/mol. The molecule has 1 aromatic rings. The summed E-state index contributed by atoms with van der Waals surface area (Å²) in [7, 11) is 1.63. The first-order chi connectivity index (χ1) is 11.4. The molecular weight excluding hydrogens is 311 g/mol. The number of amides is 1. The summed E-state index contributed by atoms with van der Waals surface area (Å²) >= 11 is 0. The summed E-state index contributed by atoms with van der Waals surface area (Å²) in [6, 6.07) is 0.862. The van der Waals surface area contributed by atoms with E-state index in [1.165, 1.54) is 0 Å². The number of hydrogen-bond acceptors (Lipinski definition) is 4. The van der Waals surface area contributed by atoms with E-state index in [9.17, 15) is 14.0 Å². The van der Waals surface area contributed by atoms with Crippen molar-refractivity contribution in [1.29, 1.82) is 5.41 Å². The van der Waals surface area contributed by atoms with E-state index in [4.69, 9.17) is 5.41 Å². The highest BCUT2D eigenvalue weighted by Crippen LogP contribution is 2.09. The van der Waals surface area contributed by atoms with Crippen molar-refractivity contribution in [3.8, 4) is 0 Å². The predicted molar refractivity (Wildman–Crippen MR) is 93.5 cm³/mol. The van der Waals surface area contributed by atoms with Gasteiger partial charge in [-0.05, 0) is 30.2 Å². The van der Waals surface area contributed by atoms with Gasteiger partial charge in [0.05, 0.1) is 5.56 Å². The number of aromatic amines is 1. The second-order valence-corrected chi connectivity index (χ2v) is 4.78. The summed E-state index contributed by atoms with van der Waals surface area (Å²) in [5.41, 5.74) is 0.581. The Morgan fingerprint density at radius 1 is 1.54 bits per heavy atom. The number of allylic oxidation sites excluding steroid dienone is 4. The molecule has 1 amide bonds. The van der Waals surface area contributed by atoms with Crippen molar-refractivity contribution in [3.05, 3.63) is 70.0 Å². The minimum absolute atomic E-state index is 0.0112. The molecule has 0 unspecified atom stereocenters. The Hall–Kier alpha value is -3.09. The Morgan fingerprint density at radius 3 is 2.79 bits per heavy atom. The second kappa shape index (κ2) is 9.14. The average Bonchev–Trinajstić information content (AvgIpc) is 2.55. The highest BCUT2D eigenvalue weighted by atomic mass is 19.1. The third kappa shape index (κ3) is 5.28. The van der Waals surface area contributed by atoms with E-state index in [1.807, 2.05) is 0 Å². The number of hydrogen-bond donors (Lipinski definition) is 3. The predicted octanol–water partition coefficient (Wildman–Crippen LogP) is 2.02. The molecule has 0 saturated heterocycles. The van der Waals surface area contributed by atoms with Crippen LogP contribution >= 0.6 is 0 Å². The molecule has 0 aliphatic rings. The lowest BCUT2D eigenvalue weighted by molar-refractivity contribution is 0.0956. The van der Waals surface area contributed by atoms with Gasteiger partial charge in [-0.25, -0.2) is 4.39 Å². The fourth-order valence-electron chi connectivity index (χ4n) is 1.83. The fraction of sp³-hybridized carbons (Fsp3) is 0.176. The summed E-state index contributed by atoms with van der Waals surface area (Å²) in [5.74, 6) is -1.60. The maximum Gasteiger partial charge on any atom is 0.283 e. The molecule has 0 aliphatic carbocycles. The van der Waals surface area contributed by atoms with Gasteiger partial charge in [0, 0.05) is 31.7 Å². The monoisotopic (exact) mass is 330 g/mol. The van der Waals surface area contributed by atoms with Gasteiger partial charge < -0.3 is 15.7 Å². The van der Waals surface area contributed by atoms with Gasteiger partial charge in [-0.1, -0.05) is 18.7 Å². The van der Waals surface area contributed by atoms with Crippen LogP contribution in [0.2, 0.25) is 0 Å². The molecule has 0 radical (unpaired) electrons. The van der Waals surface area contributed by atoms with Crippen molar-refractivity contribution in [3.63, 3.8) is 0 Å². The number of carbonyl (C=O) groups is 1. The Labute approximate surface area is 139 Å². The van der Waals surface area contributed by atoms with E-state index in [0.717, 1.165) is 12.3 Å². The smallest absolute Gasteiger partial charge is 0.283 e. The molecule has 6 nitrogen and oxygen atoms in total. The lowest BCUT2D eigenvalue weighted by Gasteiger charge is -2.11. The normalized spacial score (nSPS) is 12.3. The van der Waals surface area contributed by atoms with Crippen LogP contribution in [-0.2, 0) is 0 Å². The molecule has 1 heterocycles. The van der Waals surface area contributed by atoms with Gasteiger partial charge in [0.1, 0.15) is 0 Å². The van der Waals surface area contributed by atoms with E-state index >= 15 is 0 Å². The molecular formula is C17H19FN4O2. The molecule has 1 rings (SSSR count). The van der Waals surface area contributed by atoms with Crippen molar-refractivity contribution in [2.75, 3.05) is 13.6 Å². The molecule has 0 saturated carbocycles. The molecule has 1 aromatic heterocycles. The number of nitrogens with one attached hydrogen (secondary N) is 3. The Bertz CT molecular complexity index is 788. The van der Waals surface area contributed by atoms with Gasteiger partial charge in [0.2, 0.25) is 0 Å². The van der Waals surface area contributed by atoms with Crippen LogP contribution < -0.4 is 10.9 Å². The van der Waals surface area contributed by atoms with Gasteiger partial charge in [-0.15, -0.1) is 0 Å². The van der Waals surface area contributed by atoms with Crippen molar-refractivity contribution < 1.29 is 9.18 Å². The van der Waals surface area contributed by atoms with Crippen molar-refractivity contribution in [2.45, 2.75) is 6.92 Å². The van der Waals surface area contributed by atoms with Crippen LogP contribution in [0, 0.1) is 11.2 Å². The number of carbonyl (C=O) groups excluding carboxylic acids is 1.